The van der Waals surface area contributed by atoms with E-state index in [4.69, 9.17) is 9.15 Å². The number of carbonyl (C=O) groups excluding carboxylic acids is 1. The molecule has 1 aromatic carbocycles. The number of nitrogens with zero attached hydrogens (tertiary/aromatic N) is 1. The molecule has 0 aliphatic rings. The Kier molecular flexibility index (Phi) is 2.82. The number of benzene rings is 1. The zero-order valence-corrected chi connectivity index (χ0v) is 11.2. The summed E-state index contributed by atoms with van der Waals surface area (Å²) in [6, 6.07) is 7.38. The fraction of sp³-hybridized carbons (Fsp3) is 0.200. The zero-order chi connectivity index (χ0) is 14.3. The second kappa shape index (κ2) is 4.52. The van der Waals surface area contributed by atoms with Gasteiger partial charge in [-0.15, -0.1) is 0 Å². The number of aromatic nitrogens is 1. The van der Waals surface area contributed by atoms with E-state index in [1.165, 1.54) is 6.20 Å². The standard InChI is InChI=1S/C15H13NO4/c1-3-19-15(18)10-8-16(2)12-9-6-4-5-7-11(9)20-14(12)13(10)17/h4-8H,3H2,1-2H3. The van der Waals surface area contributed by atoms with Crippen molar-refractivity contribution in [3.05, 3.63) is 46.2 Å². The molecule has 0 fully saturated rings. The summed E-state index contributed by atoms with van der Waals surface area (Å²) in [5.74, 6) is -0.629. The zero-order valence-electron chi connectivity index (χ0n) is 11.2. The number of fused-ring (bicyclic) bond motifs is 3. The molecule has 0 saturated heterocycles. The summed E-state index contributed by atoms with van der Waals surface area (Å²) < 4.78 is 12.2. The number of carbonyl (C=O) groups is 1. The first-order chi connectivity index (χ1) is 9.63. The summed E-state index contributed by atoms with van der Waals surface area (Å²) in [5.41, 5.74) is 1.03. The number of esters is 1. The molecule has 0 N–H and O–H groups in total. The smallest absolute Gasteiger partial charge is 0.343 e. The molecule has 0 radical (unpaired) electrons. The van der Waals surface area contributed by atoms with Crippen LogP contribution in [0.25, 0.3) is 22.1 Å². The van der Waals surface area contributed by atoms with E-state index in [-0.39, 0.29) is 17.8 Å². The Balaban J connectivity index is 2.39. The minimum absolute atomic E-state index is 0.0130. The molecule has 3 rings (SSSR count). The highest BCUT2D eigenvalue weighted by Gasteiger charge is 2.19. The van der Waals surface area contributed by atoms with E-state index in [1.807, 2.05) is 18.2 Å². The molecule has 0 unspecified atom stereocenters. The van der Waals surface area contributed by atoms with Crippen LogP contribution in [0.3, 0.4) is 0 Å². The van der Waals surface area contributed by atoms with Crippen LogP contribution >= 0.6 is 0 Å². The lowest BCUT2D eigenvalue weighted by Gasteiger charge is -2.05. The topological polar surface area (TPSA) is 61.4 Å². The third-order valence-corrected chi connectivity index (χ3v) is 3.19. The molecular weight excluding hydrogens is 258 g/mol. The van der Waals surface area contributed by atoms with Gasteiger partial charge in [0.05, 0.1) is 12.1 Å². The number of para-hydroxylation sites is 1. The Morgan fingerprint density at radius 3 is 2.85 bits per heavy atom. The molecule has 0 atom stereocenters. The number of pyridine rings is 1. The minimum atomic E-state index is -0.629. The van der Waals surface area contributed by atoms with Crippen LogP contribution in [0.15, 0.2) is 39.7 Å². The molecule has 2 heterocycles. The lowest BCUT2D eigenvalue weighted by atomic mass is 10.2. The molecular formula is C15H13NO4. The maximum absolute atomic E-state index is 12.4. The third kappa shape index (κ3) is 1.71. The molecule has 5 nitrogen and oxygen atoms in total. The summed E-state index contributed by atoms with van der Waals surface area (Å²) in [6.45, 7) is 1.92. The van der Waals surface area contributed by atoms with E-state index in [0.717, 1.165) is 5.39 Å². The van der Waals surface area contributed by atoms with Crippen molar-refractivity contribution >= 4 is 28.0 Å². The first-order valence-electron chi connectivity index (χ1n) is 6.31. The minimum Gasteiger partial charge on any atom is -0.462 e. The number of hydrogen-bond donors (Lipinski definition) is 0. The monoisotopic (exact) mass is 271 g/mol. The van der Waals surface area contributed by atoms with E-state index in [9.17, 15) is 9.59 Å². The fourth-order valence-electron chi connectivity index (χ4n) is 2.33. The molecule has 5 heteroatoms. The summed E-state index contributed by atoms with van der Waals surface area (Å²) in [4.78, 5) is 24.2. The largest absolute Gasteiger partial charge is 0.462 e. The Morgan fingerprint density at radius 1 is 1.35 bits per heavy atom. The lowest BCUT2D eigenvalue weighted by Crippen LogP contribution is -2.19. The van der Waals surface area contributed by atoms with Gasteiger partial charge in [0, 0.05) is 18.6 Å². The van der Waals surface area contributed by atoms with Gasteiger partial charge in [-0.2, -0.15) is 0 Å². The molecule has 2 aromatic heterocycles. The van der Waals surface area contributed by atoms with Crippen LogP contribution in [0.1, 0.15) is 17.3 Å². The van der Waals surface area contributed by atoms with Crippen molar-refractivity contribution in [1.29, 1.82) is 0 Å². The number of ether oxygens (including phenoxy) is 1. The van der Waals surface area contributed by atoms with Gasteiger partial charge >= 0.3 is 5.97 Å². The highest BCUT2D eigenvalue weighted by atomic mass is 16.5. The number of furan rings is 1. The van der Waals surface area contributed by atoms with E-state index in [1.54, 1.807) is 24.6 Å². The van der Waals surface area contributed by atoms with Crippen molar-refractivity contribution in [2.24, 2.45) is 7.05 Å². The van der Waals surface area contributed by atoms with Gasteiger partial charge in [0.15, 0.2) is 5.58 Å². The Labute approximate surface area is 114 Å². The van der Waals surface area contributed by atoms with Crippen molar-refractivity contribution in [3.8, 4) is 0 Å². The summed E-state index contributed by atoms with van der Waals surface area (Å²) >= 11 is 0. The van der Waals surface area contributed by atoms with Gasteiger partial charge in [0.1, 0.15) is 11.1 Å². The molecule has 0 saturated carbocycles. The predicted octanol–water partition coefficient (Wildman–Crippen LogP) is 2.46. The second-order valence-electron chi connectivity index (χ2n) is 4.48. The maximum Gasteiger partial charge on any atom is 0.343 e. The third-order valence-electron chi connectivity index (χ3n) is 3.19. The lowest BCUT2D eigenvalue weighted by molar-refractivity contribution is 0.0524. The Hall–Kier alpha value is -2.56. The van der Waals surface area contributed by atoms with Crippen LogP contribution in [-0.2, 0) is 11.8 Å². The average Bonchev–Trinajstić information content (AvgIpc) is 2.83. The maximum atomic E-state index is 12.4. The van der Waals surface area contributed by atoms with Gasteiger partial charge in [-0.1, -0.05) is 12.1 Å². The van der Waals surface area contributed by atoms with E-state index < -0.39 is 11.4 Å². The van der Waals surface area contributed by atoms with Crippen LogP contribution in [0.2, 0.25) is 0 Å². The van der Waals surface area contributed by atoms with Crippen LogP contribution < -0.4 is 5.43 Å². The van der Waals surface area contributed by atoms with Gasteiger partial charge in [-0.3, -0.25) is 4.79 Å². The predicted molar refractivity (Wildman–Crippen MR) is 74.9 cm³/mol. The first-order valence-corrected chi connectivity index (χ1v) is 6.31. The normalized spacial score (nSPS) is 11.1. The van der Waals surface area contributed by atoms with Crippen molar-refractivity contribution in [1.82, 2.24) is 4.57 Å². The second-order valence-corrected chi connectivity index (χ2v) is 4.48. The molecule has 0 bridgehead atoms. The van der Waals surface area contributed by atoms with Crippen molar-refractivity contribution < 1.29 is 13.9 Å². The molecule has 102 valence electrons. The summed E-state index contributed by atoms with van der Waals surface area (Å²) in [6.07, 6.45) is 1.49. The molecule has 0 aliphatic heterocycles. The summed E-state index contributed by atoms with van der Waals surface area (Å²) in [5, 5.41) is 0.845. The summed E-state index contributed by atoms with van der Waals surface area (Å²) in [7, 11) is 1.77. The van der Waals surface area contributed by atoms with Gasteiger partial charge < -0.3 is 13.7 Å². The SMILES string of the molecule is CCOC(=O)c1cn(C)c2c(oc3ccccc32)c1=O. The highest BCUT2D eigenvalue weighted by Crippen LogP contribution is 2.26. The average molecular weight is 271 g/mol. The Morgan fingerprint density at radius 2 is 2.10 bits per heavy atom. The molecule has 0 amide bonds. The molecule has 0 spiro atoms. The van der Waals surface area contributed by atoms with Gasteiger partial charge in [0.25, 0.3) is 0 Å². The number of aryl methyl sites for hydroxylation is 1. The van der Waals surface area contributed by atoms with Crippen LogP contribution in [0.5, 0.6) is 0 Å². The van der Waals surface area contributed by atoms with Crippen molar-refractivity contribution in [2.45, 2.75) is 6.92 Å². The molecule has 3 aromatic rings. The van der Waals surface area contributed by atoms with Crippen molar-refractivity contribution in [3.63, 3.8) is 0 Å². The highest BCUT2D eigenvalue weighted by molar-refractivity contribution is 6.04. The van der Waals surface area contributed by atoms with Crippen LogP contribution in [0.4, 0.5) is 0 Å². The molecule has 0 aliphatic carbocycles. The van der Waals surface area contributed by atoms with Crippen LogP contribution in [0, 0.1) is 0 Å². The van der Waals surface area contributed by atoms with Gasteiger partial charge in [0.2, 0.25) is 5.43 Å². The van der Waals surface area contributed by atoms with Gasteiger partial charge in [-0.05, 0) is 19.1 Å². The quantitative estimate of drug-likeness (QED) is 0.672. The number of rotatable bonds is 2. The van der Waals surface area contributed by atoms with Crippen molar-refractivity contribution in [2.75, 3.05) is 6.61 Å². The van der Waals surface area contributed by atoms with E-state index in [0.29, 0.717) is 11.1 Å². The Bertz CT molecular complexity index is 873. The first kappa shape index (κ1) is 12.5. The molecule has 20 heavy (non-hydrogen) atoms. The van der Waals surface area contributed by atoms with E-state index in [2.05, 4.69) is 0 Å². The number of hydrogen-bond acceptors (Lipinski definition) is 4. The van der Waals surface area contributed by atoms with Crippen LogP contribution in [-0.4, -0.2) is 17.1 Å². The van der Waals surface area contributed by atoms with E-state index >= 15 is 0 Å². The van der Waals surface area contributed by atoms with Gasteiger partial charge in [-0.25, -0.2) is 4.79 Å². The fourth-order valence-corrected chi connectivity index (χ4v) is 2.33.